The fourth-order valence-corrected chi connectivity index (χ4v) is 2.44. The van der Waals surface area contributed by atoms with Gasteiger partial charge in [-0.15, -0.1) is 0 Å². The van der Waals surface area contributed by atoms with Crippen molar-refractivity contribution in [2.75, 3.05) is 32.1 Å². The Kier molecular flexibility index (Phi) is 4.14. The number of pyridine rings is 1. The smallest absolute Gasteiger partial charge is 0.142 e. The second-order valence-corrected chi connectivity index (χ2v) is 5.00. The van der Waals surface area contributed by atoms with Crippen molar-refractivity contribution in [2.45, 2.75) is 25.5 Å². The zero-order chi connectivity index (χ0) is 13.1. The molecule has 1 atom stereocenters. The first-order valence-corrected chi connectivity index (χ1v) is 6.28. The summed E-state index contributed by atoms with van der Waals surface area (Å²) < 4.78 is 13.1. The lowest BCUT2D eigenvalue weighted by atomic mass is 10.0. The molecule has 1 N–H and O–H groups in total. The largest absolute Gasteiger partial charge is 0.392 e. The third kappa shape index (κ3) is 2.79. The van der Waals surface area contributed by atoms with Gasteiger partial charge in [-0.25, -0.2) is 9.37 Å². The molecule has 1 aromatic rings. The summed E-state index contributed by atoms with van der Waals surface area (Å²) in [6, 6.07) is 1.85. The summed E-state index contributed by atoms with van der Waals surface area (Å²) in [5.74, 6) is 0.314. The molecule has 0 radical (unpaired) electrons. The van der Waals surface area contributed by atoms with E-state index in [9.17, 15) is 9.50 Å². The van der Waals surface area contributed by atoms with E-state index in [0.717, 1.165) is 19.5 Å². The van der Waals surface area contributed by atoms with Crippen LogP contribution in [-0.4, -0.2) is 48.2 Å². The first-order valence-electron chi connectivity index (χ1n) is 6.28. The molecule has 0 aliphatic carbocycles. The molecule has 100 valence electrons. The molecule has 0 amide bonds. The molecule has 5 heteroatoms. The number of aliphatic hydroxyl groups is 1. The predicted octanol–water partition coefficient (Wildman–Crippen LogP) is 1.24. The van der Waals surface area contributed by atoms with Gasteiger partial charge < -0.3 is 14.9 Å². The summed E-state index contributed by atoms with van der Waals surface area (Å²) in [5, 5.41) is 9.30. The van der Waals surface area contributed by atoms with E-state index in [0.29, 0.717) is 17.4 Å². The van der Waals surface area contributed by atoms with Crippen LogP contribution in [0.3, 0.4) is 0 Å². The standard InChI is InChI=1S/C13H20FN3O/c1-16(2)12-4-3-5-17(8-12)13-10(9-18)6-11(14)7-15-13/h6-7,12,18H,3-5,8-9H2,1-2H3. The lowest BCUT2D eigenvalue weighted by Gasteiger charge is -2.37. The maximum Gasteiger partial charge on any atom is 0.142 e. The van der Waals surface area contributed by atoms with Crippen molar-refractivity contribution >= 4 is 5.82 Å². The summed E-state index contributed by atoms with van der Waals surface area (Å²) in [5.41, 5.74) is 0.564. The summed E-state index contributed by atoms with van der Waals surface area (Å²) in [6.45, 7) is 1.61. The van der Waals surface area contributed by atoms with E-state index in [1.54, 1.807) is 0 Å². The highest BCUT2D eigenvalue weighted by Crippen LogP contribution is 2.23. The summed E-state index contributed by atoms with van der Waals surface area (Å²) in [6.07, 6.45) is 3.47. The van der Waals surface area contributed by atoms with Crippen LogP contribution in [0.25, 0.3) is 0 Å². The number of halogens is 1. The third-order valence-corrected chi connectivity index (χ3v) is 3.51. The van der Waals surface area contributed by atoms with Gasteiger partial charge in [-0.3, -0.25) is 0 Å². The van der Waals surface area contributed by atoms with Crippen molar-refractivity contribution in [3.8, 4) is 0 Å². The molecule has 1 unspecified atom stereocenters. The average molecular weight is 253 g/mol. The Balaban J connectivity index is 2.20. The summed E-state index contributed by atoms with van der Waals surface area (Å²) >= 11 is 0. The van der Waals surface area contributed by atoms with E-state index >= 15 is 0 Å². The van der Waals surface area contributed by atoms with Crippen LogP contribution in [0.1, 0.15) is 18.4 Å². The Morgan fingerprint density at radius 1 is 1.56 bits per heavy atom. The lowest BCUT2D eigenvalue weighted by Crippen LogP contribution is -2.45. The van der Waals surface area contributed by atoms with Crippen LogP contribution in [0.2, 0.25) is 0 Å². The van der Waals surface area contributed by atoms with E-state index in [1.807, 2.05) is 0 Å². The van der Waals surface area contributed by atoms with Crippen molar-refractivity contribution in [1.82, 2.24) is 9.88 Å². The van der Waals surface area contributed by atoms with Crippen LogP contribution in [0.4, 0.5) is 10.2 Å². The predicted molar refractivity (Wildman–Crippen MR) is 69.0 cm³/mol. The lowest BCUT2D eigenvalue weighted by molar-refractivity contribution is 0.255. The molecule has 1 aliphatic rings. The third-order valence-electron chi connectivity index (χ3n) is 3.51. The van der Waals surface area contributed by atoms with Crippen LogP contribution in [0.5, 0.6) is 0 Å². The van der Waals surface area contributed by atoms with Gasteiger partial charge in [0.25, 0.3) is 0 Å². The molecule has 0 saturated carbocycles. The highest BCUT2D eigenvalue weighted by atomic mass is 19.1. The van der Waals surface area contributed by atoms with Gasteiger partial charge in [0.1, 0.15) is 11.6 Å². The second kappa shape index (κ2) is 5.63. The number of likely N-dealkylation sites (N-methyl/N-ethyl adjacent to an activating group) is 1. The molecular weight excluding hydrogens is 233 g/mol. The molecule has 2 heterocycles. The van der Waals surface area contributed by atoms with Gasteiger partial charge in [-0.2, -0.15) is 0 Å². The maximum atomic E-state index is 13.1. The zero-order valence-corrected chi connectivity index (χ0v) is 10.9. The van der Waals surface area contributed by atoms with Crippen LogP contribution in [0, 0.1) is 5.82 Å². The molecule has 0 spiro atoms. The van der Waals surface area contributed by atoms with Crippen molar-refractivity contribution < 1.29 is 9.50 Å². The van der Waals surface area contributed by atoms with E-state index in [4.69, 9.17) is 0 Å². The zero-order valence-electron chi connectivity index (χ0n) is 10.9. The fraction of sp³-hybridized carbons (Fsp3) is 0.615. The Hall–Kier alpha value is -1.20. The molecule has 1 aromatic heterocycles. The molecule has 1 saturated heterocycles. The maximum absolute atomic E-state index is 13.1. The van der Waals surface area contributed by atoms with Crippen molar-refractivity contribution in [3.05, 3.63) is 23.6 Å². The number of anilines is 1. The topological polar surface area (TPSA) is 39.6 Å². The summed E-state index contributed by atoms with van der Waals surface area (Å²) in [4.78, 5) is 8.48. The molecule has 4 nitrogen and oxygen atoms in total. The van der Waals surface area contributed by atoms with Gasteiger partial charge in [-0.05, 0) is 33.0 Å². The molecule has 0 aromatic carbocycles. The Bertz CT molecular complexity index is 411. The highest BCUT2D eigenvalue weighted by Gasteiger charge is 2.23. The number of aliphatic hydroxyl groups excluding tert-OH is 1. The number of hydrogen-bond acceptors (Lipinski definition) is 4. The molecule has 18 heavy (non-hydrogen) atoms. The first-order chi connectivity index (χ1) is 8.61. The molecule has 0 bridgehead atoms. The molecule has 1 fully saturated rings. The van der Waals surface area contributed by atoms with Crippen LogP contribution in [-0.2, 0) is 6.61 Å². The minimum Gasteiger partial charge on any atom is -0.392 e. The van der Waals surface area contributed by atoms with Gasteiger partial charge in [-0.1, -0.05) is 0 Å². The van der Waals surface area contributed by atoms with E-state index in [-0.39, 0.29) is 6.61 Å². The van der Waals surface area contributed by atoms with Gasteiger partial charge >= 0.3 is 0 Å². The molecule has 1 aliphatic heterocycles. The van der Waals surface area contributed by atoms with Crippen molar-refractivity contribution in [1.29, 1.82) is 0 Å². The van der Waals surface area contributed by atoms with Crippen LogP contribution < -0.4 is 4.90 Å². The molecular formula is C13H20FN3O. The Morgan fingerprint density at radius 3 is 3.00 bits per heavy atom. The normalized spacial score (nSPS) is 20.5. The highest BCUT2D eigenvalue weighted by molar-refractivity contribution is 5.47. The first kappa shape index (κ1) is 13.2. The van der Waals surface area contributed by atoms with Gasteiger partial charge in [0, 0.05) is 24.7 Å². The monoisotopic (exact) mass is 253 g/mol. The van der Waals surface area contributed by atoms with Gasteiger partial charge in [0.05, 0.1) is 12.8 Å². The average Bonchev–Trinajstić information content (AvgIpc) is 2.38. The minimum absolute atomic E-state index is 0.177. The van der Waals surface area contributed by atoms with Gasteiger partial charge in [0.2, 0.25) is 0 Å². The Morgan fingerprint density at radius 2 is 2.33 bits per heavy atom. The fourth-order valence-electron chi connectivity index (χ4n) is 2.44. The number of piperidine rings is 1. The molecule has 2 rings (SSSR count). The van der Waals surface area contributed by atoms with Crippen LogP contribution in [0.15, 0.2) is 12.3 Å². The van der Waals surface area contributed by atoms with Crippen LogP contribution >= 0.6 is 0 Å². The number of rotatable bonds is 3. The quantitative estimate of drug-likeness (QED) is 0.880. The number of hydrogen-bond donors (Lipinski definition) is 1. The second-order valence-electron chi connectivity index (χ2n) is 5.00. The van der Waals surface area contributed by atoms with E-state index in [2.05, 4.69) is 28.9 Å². The SMILES string of the molecule is CN(C)C1CCCN(c2ncc(F)cc2CO)C1. The number of nitrogens with zero attached hydrogens (tertiary/aromatic N) is 3. The number of aromatic nitrogens is 1. The van der Waals surface area contributed by atoms with E-state index in [1.165, 1.54) is 18.7 Å². The van der Waals surface area contributed by atoms with Crippen molar-refractivity contribution in [3.63, 3.8) is 0 Å². The minimum atomic E-state index is -0.399. The summed E-state index contributed by atoms with van der Waals surface area (Å²) in [7, 11) is 4.14. The van der Waals surface area contributed by atoms with E-state index < -0.39 is 5.82 Å². The van der Waals surface area contributed by atoms with Crippen molar-refractivity contribution in [2.24, 2.45) is 0 Å². The van der Waals surface area contributed by atoms with Gasteiger partial charge in [0.15, 0.2) is 0 Å². The Labute approximate surface area is 107 Å².